The number of carbonyl (C=O) groups is 1. The Morgan fingerprint density at radius 3 is 2.65 bits per heavy atom. The second kappa shape index (κ2) is 11.5. The first-order valence-corrected chi connectivity index (χ1v) is 14.7. The van der Waals surface area contributed by atoms with Gasteiger partial charge in [0.25, 0.3) is 5.56 Å². The molecule has 204 valence electrons. The second-order valence-corrected chi connectivity index (χ2v) is 12.7. The summed E-state index contributed by atoms with van der Waals surface area (Å²) in [5, 5.41) is 14.9. The third-order valence-electron chi connectivity index (χ3n) is 6.70. The van der Waals surface area contributed by atoms with E-state index in [1.54, 1.807) is 30.0 Å². The van der Waals surface area contributed by atoms with E-state index in [-0.39, 0.29) is 23.0 Å². The van der Waals surface area contributed by atoms with Crippen LogP contribution in [0.4, 0.5) is 0 Å². The number of aromatic nitrogens is 3. The molecule has 0 N–H and O–H groups in total. The first-order chi connectivity index (χ1) is 19.2. The van der Waals surface area contributed by atoms with Crippen molar-refractivity contribution in [1.82, 2.24) is 14.3 Å². The molecular formula is C31H29BrN4O3S. The summed E-state index contributed by atoms with van der Waals surface area (Å²) in [7, 11) is 0. The van der Waals surface area contributed by atoms with E-state index in [2.05, 4.69) is 22.0 Å². The summed E-state index contributed by atoms with van der Waals surface area (Å²) in [4.78, 5) is 27.1. The predicted octanol–water partition coefficient (Wildman–Crippen LogP) is 4.82. The number of thiazole rings is 1. The molecule has 0 bridgehead atoms. The minimum absolute atomic E-state index is 0.000518. The topological polar surface area (TPSA) is 89.9 Å². The number of Topliss-reactive ketones (excluding diaryl/α,β-unsaturated/α-hetero) is 1. The third-order valence-corrected chi connectivity index (χ3v) is 8.32. The van der Waals surface area contributed by atoms with Gasteiger partial charge in [-0.15, -0.1) is 11.3 Å². The molecule has 1 saturated heterocycles. The number of para-hydroxylation sites is 1. The van der Waals surface area contributed by atoms with E-state index in [1.165, 1.54) is 11.3 Å². The lowest BCUT2D eigenvalue weighted by atomic mass is 9.87. The molecule has 0 amide bonds. The summed E-state index contributed by atoms with van der Waals surface area (Å²) in [6.07, 6.45) is 5.31. The van der Waals surface area contributed by atoms with Crippen molar-refractivity contribution in [2.24, 2.45) is 5.41 Å². The van der Waals surface area contributed by atoms with Crippen LogP contribution in [0.2, 0.25) is 0 Å². The van der Waals surface area contributed by atoms with Crippen molar-refractivity contribution in [3.05, 3.63) is 90.4 Å². The minimum Gasteiger partial charge on any atom is -0.376 e. The third kappa shape index (κ3) is 5.80. The molecule has 2 aromatic carbocycles. The maximum atomic E-state index is 13.9. The van der Waals surface area contributed by atoms with Gasteiger partial charge in [0.05, 0.1) is 22.9 Å². The molecule has 0 radical (unpaired) electrons. The van der Waals surface area contributed by atoms with Gasteiger partial charge < -0.3 is 4.74 Å². The van der Waals surface area contributed by atoms with Crippen molar-refractivity contribution in [2.45, 2.75) is 46.3 Å². The number of ketones is 1. The van der Waals surface area contributed by atoms with Crippen LogP contribution < -0.4 is 14.8 Å². The maximum absolute atomic E-state index is 13.9. The Bertz CT molecular complexity index is 1780. The lowest BCUT2D eigenvalue weighted by Crippen LogP contribution is -2.37. The first kappa shape index (κ1) is 28.0. The van der Waals surface area contributed by atoms with E-state index in [0.717, 1.165) is 34.1 Å². The van der Waals surface area contributed by atoms with Gasteiger partial charge in [0.15, 0.2) is 5.78 Å². The van der Waals surface area contributed by atoms with Crippen LogP contribution in [0.3, 0.4) is 0 Å². The molecule has 1 unspecified atom stereocenters. The molecule has 1 aliphatic rings. The van der Waals surface area contributed by atoms with E-state index in [4.69, 9.17) is 9.84 Å². The fourth-order valence-corrected chi connectivity index (χ4v) is 6.14. The van der Waals surface area contributed by atoms with Crippen LogP contribution in [-0.2, 0) is 16.1 Å². The van der Waals surface area contributed by atoms with Gasteiger partial charge in [-0.3, -0.25) is 14.2 Å². The van der Waals surface area contributed by atoms with E-state index in [1.807, 2.05) is 66.9 Å². The summed E-state index contributed by atoms with van der Waals surface area (Å²) in [5.41, 5.74) is 2.21. The van der Waals surface area contributed by atoms with Crippen LogP contribution >= 0.6 is 27.3 Å². The Hall–Kier alpha value is -3.58. The zero-order valence-electron chi connectivity index (χ0n) is 22.6. The summed E-state index contributed by atoms with van der Waals surface area (Å²) in [6.45, 7) is 6.26. The summed E-state index contributed by atoms with van der Waals surface area (Å²) < 4.78 is 10.9. The molecule has 1 fully saturated rings. The van der Waals surface area contributed by atoms with Gasteiger partial charge in [0, 0.05) is 33.8 Å². The van der Waals surface area contributed by atoms with Gasteiger partial charge in [0.2, 0.25) is 0 Å². The van der Waals surface area contributed by atoms with Crippen LogP contribution in [0.1, 0.15) is 39.2 Å². The van der Waals surface area contributed by atoms with Gasteiger partial charge in [-0.25, -0.2) is 4.68 Å². The SMILES string of the molecule is CC(C)(C)C(=O)/C(C#N)=c1\s/c(=C\c2cn(-c3ccccc3)nc2-c2cccc(Br)c2)c(=O)n1CC1CCCO1. The van der Waals surface area contributed by atoms with Crippen molar-refractivity contribution in [2.75, 3.05) is 6.61 Å². The zero-order chi connectivity index (χ0) is 28.4. The molecule has 9 heteroatoms. The Morgan fingerprint density at radius 1 is 1.23 bits per heavy atom. The van der Waals surface area contributed by atoms with Crippen LogP contribution in [0.15, 0.2) is 70.1 Å². The van der Waals surface area contributed by atoms with Crippen LogP contribution in [0.25, 0.3) is 28.6 Å². The summed E-state index contributed by atoms with van der Waals surface area (Å²) >= 11 is 4.71. The van der Waals surface area contributed by atoms with Crippen molar-refractivity contribution < 1.29 is 9.53 Å². The number of nitrogens with zero attached hydrogens (tertiary/aromatic N) is 4. The van der Waals surface area contributed by atoms with E-state index in [0.29, 0.717) is 28.0 Å². The number of halogens is 1. The maximum Gasteiger partial charge on any atom is 0.269 e. The molecule has 1 aliphatic heterocycles. The first-order valence-electron chi connectivity index (χ1n) is 13.1. The standard InChI is InChI=1S/C31H29BrN4O3S/c1-31(2,3)28(37)25(17-33)30-35(19-24-13-8-14-39-24)29(38)26(40-30)16-21-18-36(23-11-5-4-6-12-23)34-27(21)20-9-7-10-22(32)15-20/h4-7,9-12,15-16,18,24H,8,13-14,19H2,1-3H3/b26-16-,30-25-. The quantitative estimate of drug-likeness (QED) is 0.310. The van der Waals surface area contributed by atoms with Crippen LogP contribution in [0, 0.1) is 16.7 Å². The second-order valence-electron chi connectivity index (χ2n) is 10.8. The number of ether oxygens (including phenoxy) is 1. The van der Waals surface area contributed by atoms with Crippen molar-refractivity contribution >= 4 is 44.7 Å². The molecule has 0 aliphatic carbocycles. The van der Waals surface area contributed by atoms with Gasteiger partial charge >= 0.3 is 0 Å². The number of hydrogen-bond acceptors (Lipinski definition) is 6. The van der Waals surface area contributed by atoms with Crippen molar-refractivity contribution in [3.8, 4) is 23.0 Å². The molecular weight excluding hydrogens is 588 g/mol. The molecule has 5 rings (SSSR count). The highest BCUT2D eigenvalue weighted by Crippen LogP contribution is 2.27. The average Bonchev–Trinajstić information content (AvgIpc) is 3.67. The average molecular weight is 618 g/mol. The van der Waals surface area contributed by atoms with E-state index < -0.39 is 5.41 Å². The van der Waals surface area contributed by atoms with Crippen LogP contribution in [0.5, 0.6) is 0 Å². The number of nitriles is 1. The molecule has 2 aromatic heterocycles. The Kier molecular flexibility index (Phi) is 8.04. The largest absolute Gasteiger partial charge is 0.376 e. The highest BCUT2D eigenvalue weighted by molar-refractivity contribution is 9.10. The fourth-order valence-electron chi connectivity index (χ4n) is 4.64. The molecule has 40 heavy (non-hydrogen) atoms. The van der Waals surface area contributed by atoms with Crippen LogP contribution in [-0.4, -0.2) is 32.8 Å². The summed E-state index contributed by atoms with van der Waals surface area (Å²) in [5.74, 6) is -0.296. The monoisotopic (exact) mass is 616 g/mol. The van der Waals surface area contributed by atoms with Crippen molar-refractivity contribution in [1.29, 1.82) is 5.26 Å². The Morgan fingerprint density at radius 2 is 2.00 bits per heavy atom. The highest BCUT2D eigenvalue weighted by Gasteiger charge is 2.28. The number of benzene rings is 2. The number of carbonyl (C=O) groups excluding carboxylic acids is 1. The lowest BCUT2D eigenvalue weighted by molar-refractivity contribution is -0.120. The predicted molar refractivity (Wildman–Crippen MR) is 161 cm³/mol. The molecule has 0 spiro atoms. The molecule has 1 atom stereocenters. The van der Waals surface area contributed by atoms with Gasteiger partial charge in [-0.2, -0.15) is 10.4 Å². The van der Waals surface area contributed by atoms with Gasteiger partial charge in [-0.1, -0.05) is 67.0 Å². The summed E-state index contributed by atoms with van der Waals surface area (Å²) in [6, 6.07) is 19.7. The minimum atomic E-state index is -0.769. The normalized spacial score (nSPS) is 16.7. The zero-order valence-corrected chi connectivity index (χ0v) is 25.0. The van der Waals surface area contributed by atoms with E-state index in [9.17, 15) is 14.9 Å². The highest BCUT2D eigenvalue weighted by atomic mass is 79.9. The Labute approximate surface area is 244 Å². The van der Waals surface area contributed by atoms with Gasteiger partial charge in [-0.05, 0) is 43.2 Å². The number of hydrogen-bond donors (Lipinski definition) is 0. The smallest absolute Gasteiger partial charge is 0.269 e. The number of rotatable bonds is 6. The lowest BCUT2D eigenvalue weighted by Gasteiger charge is -2.16. The molecule has 4 aromatic rings. The molecule has 3 heterocycles. The molecule has 7 nitrogen and oxygen atoms in total. The van der Waals surface area contributed by atoms with E-state index >= 15 is 0 Å². The van der Waals surface area contributed by atoms with Crippen molar-refractivity contribution in [3.63, 3.8) is 0 Å². The van der Waals surface area contributed by atoms with Gasteiger partial charge in [0.1, 0.15) is 22.0 Å². The Balaban J connectivity index is 1.76. The fraction of sp³-hybridized carbons (Fsp3) is 0.290. The molecule has 0 saturated carbocycles.